The lowest BCUT2D eigenvalue weighted by molar-refractivity contribution is -0.157. The molecule has 3 atom stereocenters. The maximum atomic E-state index is 14.8. The minimum atomic E-state index is -3.20. The van der Waals surface area contributed by atoms with Gasteiger partial charge in [0, 0.05) is 36.0 Å². The third-order valence-corrected chi connectivity index (χ3v) is 9.61. The van der Waals surface area contributed by atoms with Crippen LogP contribution in [0.4, 0.5) is 14.5 Å². The summed E-state index contributed by atoms with van der Waals surface area (Å²) in [6.45, 7) is 9.66. The summed E-state index contributed by atoms with van der Waals surface area (Å²) < 4.78 is 29.5. The highest BCUT2D eigenvalue weighted by Gasteiger charge is 2.77. The number of alkyl halides is 2. The second kappa shape index (κ2) is 10.1. The Labute approximate surface area is 259 Å². The SMILES string of the molecule is CN(CC(C)(C)c1cccc(C(C)(C)C)c1)C(=O)C[C@@]1(C(=O)O)N[C@H]2CC(F)(F)CN2[C@]12C(=O)Nc1c(Cl)cc(Cl)cc12. The number of carboxylic acid groups (broad SMARTS) is 1. The van der Waals surface area contributed by atoms with Crippen molar-refractivity contribution in [3.63, 3.8) is 0 Å². The van der Waals surface area contributed by atoms with Gasteiger partial charge in [0.2, 0.25) is 5.91 Å². The third kappa shape index (κ3) is 4.90. The first-order valence-electron chi connectivity index (χ1n) is 14.1. The number of carboxylic acids is 1. The van der Waals surface area contributed by atoms with E-state index in [1.807, 2.05) is 26.0 Å². The van der Waals surface area contributed by atoms with Crippen molar-refractivity contribution < 1.29 is 28.3 Å². The van der Waals surface area contributed by atoms with Gasteiger partial charge in [-0.05, 0) is 28.7 Å². The van der Waals surface area contributed by atoms with Crippen LogP contribution >= 0.6 is 23.2 Å². The summed E-state index contributed by atoms with van der Waals surface area (Å²) in [6.07, 6.45) is -2.62. The quantitative estimate of drug-likeness (QED) is 0.395. The molecule has 8 nitrogen and oxygen atoms in total. The number of rotatable bonds is 6. The summed E-state index contributed by atoms with van der Waals surface area (Å²) in [5, 5.41) is 16.4. The molecular formula is C31H36Cl2F2N4O4. The van der Waals surface area contributed by atoms with Crippen molar-refractivity contribution in [2.75, 3.05) is 25.5 Å². The fourth-order valence-electron chi connectivity index (χ4n) is 6.97. The Kier molecular flexibility index (Phi) is 7.44. The van der Waals surface area contributed by atoms with Gasteiger partial charge in [-0.2, -0.15) is 0 Å². The molecule has 2 saturated heterocycles. The fourth-order valence-corrected chi connectivity index (χ4v) is 7.51. The Bertz CT molecular complexity index is 1530. The molecule has 5 rings (SSSR count). The molecule has 0 aromatic heterocycles. The second-order valence-electron chi connectivity index (χ2n) is 13.7. The largest absolute Gasteiger partial charge is 0.480 e. The summed E-state index contributed by atoms with van der Waals surface area (Å²) in [7, 11) is 1.57. The normalized spacial score (nSPS) is 26.4. The summed E-state index contributed by atoms with van der Waals surface area (Å²) in [4.78, 5) is 43.8. The molecule has 0 radical (unpaired) electrons. The van der Waals surface area contributed by atoms with E-state index in [4.69, 9.17) is 23.2 Å². The predicted molar refractivity (Wildman–Crippen MR) is 161 cm³/mol. The summed E-state index contributed by atoms with van der Waals surface area (Å²) in [5.74, 6) is -6.16. The Morgan fingerprint density at radius 1 is 1.12 bits per heavy atom. The monoisotopic (exact) mass is 636 g/mol. The van der Waals surface area contributed by atoms with Gasteiger partial charge in [0.25, 0.3) is 11.8 Å². The number of hydrogen-bond donors (Lipinski definition) is 3. The highest BCUT2D eigenvalue weighted by atomic mass is 35.5. The van der Waals surface area contributed by atoms with E-state index in [-0.39, 0.29) is 33.3 Å². The molecule has 12 heteroatoms. The number of fused-ring (bicyclic) bond motifs is 4. The number of nitrogens with zero attached hydrogens (tertiary/aromatic N) is 2. The number of benzene rings is 2. The molecule has 3 heterocycles. The van der Waals surface area contributed by atoms with Crippen LogP contribution in [0, 0.1) is 0 Å². The Hall–Kier alpha value is -2.79. The number of aliphatic carboxylic acids is 1. The number of nitrogens with one attached hydrogen (secondary N) is 2. The lowest BCUT2D eigenvalue weighted by Crippen LogP contribution is -2.68. The average Bonchev–Trinajstić information content (AvgIpc) is 3.44. The molecule has 232 valence electrons. The molecule has 1 spiro atoms. The van der Waals surface area contributed by atoms with Crippen molar-refractivity contribution in [3.05, 3.63) is 63.1 Å². The summed E-state index contributed by atoms with van der Waals surface area (Å²) in [6, 6.07) is 10.8. The second-order valence-corrected chi connectivity index (χ2v) is 14.5. The van der Waals surface area contributed by atoms with Crippen LogP contribution in [0.1, 0.15) is 64.2 Å². The number of anilines is 1. The highest BCUT2D eigenvalue weighted by Crippen LogP contribution is 2.58. The van der Waals surface area contributed by atoms with E-state index in [2.05, 4.69) is 43.5 Å². The van der Waals surface area contributed by atoms with Crippen molar-refractivity contribution in [3.8, 4) is 0 Å². The molecule has 0 aliphatic carbocycles. The van der Waals surface area contributed by atoms with Crippen LogP contribution in [-0.4, -0.2) is 70.5 Å². The Morgan fingerprint density at radius 2 is 1.77 bits per heavy atom. The number of carbonyl (C=O) groups is 3. The van der Waals surface area contributed by atoms with E-state index in [1.54, 1.807) is 7.05 Å². The van der Waals surface area contributed by atoms with Gasteiger partial charge in [-0.1, -0.05) is 82.1 Å². The van der Waals surface area contributed by atoms with Gasteiger partial charge in [0.1, 0.15) is 0 Å². The van der Waals surface area contributed by atoms with Crippen LogP contribution in [0.5, 0.6) is 0 Å². The van der Waals surface area contributed by atoms with Crippen LogP contribution in [0.15, 0.2) is 36.4 Å². The first-order valence-corrected chi connectivity index (χ1v) is 14.8. The third-order valence-electron chi connectivity index (χ3n) is 9.09. The molecular weight excluding hydrogens is 601 g/mol. The Morgan fingerprint density at radius 3 is 2.40 bits per heavy atom. The standard InChI is InChI=1S/C31H36Cl2F2N4O4/c1-27(2,3)17-8-7-9-18(10-17)28(4,5)15-38(6)23(40)14-30(26(42)43)31(39-16-29(34,35)13-22(39)37-30)20-11-19(32)12-21(33)24(20)36-25(31)41/h7-12,22,37H,13-16H2,1-6H3,(H,36,41)(H,42,43)/t22-,30+,31-/m1/s1. The molecule has 3 aliphatic rings. The van der Waals surface area contributed by atoms with Gasteiger partial charge >= 0.3 is 5.97 Å². The fraction of sp³-hybridized carbons (Fsp3) is 0.516. The molecule has 3 aliphatic heterocycles. The summed E-state index contributed by atoms with van der Waals surface area (Å²) in [5.41, 5.74) is -2.88. The molecule has 0 unspecified atom stereocenters. The molecule has 2 aromatic rings. The zero-order chi connectivity index (χ0) is 31.9. The summed E-state index contributed by atoms with van der Waals surface area (Å²) >= 11 is 12.7. The van der Waals surface area contributed by atoms with Crippen molar-refractivity contribution in [2.24, 2.45) is 0 Å². The number of carbonyl (C=O) groups excluding carboxylic acids is 2. The van der Waals surface area contributed by atoms with Crippen molar-refractivity contribution in [1.82, 2.24) is 15.1 Å². The van der Waals surface area contributed by atoms with E-state index in [0.717, 1.165) is 16.0 Å². The maximum Gasteiger partial charge on any atom is 0.327 e. The van der Waals surface area contributed by atoms with Crippen LogP contribution in [0.3, 0.4) is 0 Å². The molecule has 0 saturated carbocycles. The zero-order valence-electron chi connectivity index (χ0n) is 24.9. The van der Waals surface area contributed by atoms with Crippen LogP contribution in [-0.2, 0) is 30.8 Å². The smallest absolute Gasteiger partial charge is 0.327 e. The molecule has 0 bridgehead atoms. The maximum absolute atomic E-state index is 14.8. The number of amides is 2. The van der Waals surface area contributed by atoms with Crippen molar-refractivity contribution in [2.45, 2.75) is 81.5 Å². The lowest BCUT2D eigenvalue weighted by atomic mass is 9.70. The molecule has 2 amide bonds. The average molecular weight is 638 g/mol. The van der Waals surface area contributed by atoms with Crippen LogP contribution in [0.25, 0.3) is 0 Å². The number of likely N-dealkylation sites (N-methyl/N-ethyl adjacent to an activating group) is 1. The van der Waals surface area contributed by atoms with Crippen LogP contribution in [0.2, 0.25) is 10.0 Å². The van der Waals surface area contributed by atoms with Gasteiger partial charge in [0.15, 0.2) is 11.1 Å². The molecule has 2 fully saturated rings. The first kappa shape index (κ1) is 31.6. The van der Waals surface area contributed by atoms with Crippen molar-refractivity contribution in [1.29, 1.82) is 0 Å². The van der Waals surface area contributed by atoms with Crippen molar-refractivity contribution >= 4 is 46.7 Å². The topological polar surface area (TPSA) is 102 Å². The van der Waals surface area contributed by atoms with E-state index in [9.17, 15) is 28.3 Å². The van der Waals surface area contributed by atoms with Gasteiger partial charge in [-0.15, -0.1) is 0 Å². The zero-order valence-corrected chi connectivity index (χ0v) is 26.5. The van der Waals surface area contributed by atoms with Gasteiger partial charge < -0.3 is 15.3 Å². The van der Waals surface area contributed by atoms with E-state index >= 15 is 0 Å². The van der Waals surface area contributed by atoms with E-state index < -0.39 is 65.8 Å². The predicted octanol–water partition coefficient (Wildman–Crippen LogP) is 5.36. The lowest BCUT2D eigenvalue weighted by Gasteiger charge is -2.42. The van der Waals surface area contributed by atoms with Gasteiger partial charge in [-0.3, -0.25) is 24.6 Å². The van der Waals surface area contributed by atoms with E-state index in [1.165, 1.54) is 17.0 Å². The van der Waals surface area contributed by atoms with Gasteiger partial charge in [-0.25, -0.2) is 8.78 Å². The minimum absolute atomic E-state index is 0.0316. The highest BCUT2D eigenvalue weighted by molar-refractivity contribution is 6.38. The Balaban J connectivity index is 1.55. The number of hydrogen-bond acceptors (Lipinski definition) is 5. The minimum Gasteiger partial charge on any atom is -0.480 e. The molecule has 3 N–H and O–H groups in total. The first-order chi connectivity index (χ1) is 19.7. The number of halogens is 4. The molecule has 2 aromatic carbocycles. The van der Waals surface area contributed by atoms with Gasteiger partial charge in [0.05, 0.1) is 29.8 Å². The molecule has 43 heavy (non-hydrogen) atoms. The van der Waals surface area contributed by atoms with Crippen LogP contribution < -0.4 is 10.6 Å². The van der Waals surface area contributed by atoms with E-state index in [0.29, 0.717) is 0 Å².